The molecule has 3 rings (SSSR count). The largest absolute Gasteiger partial charge is 0.478 e. The molecule has 0 aliphatic carbocycles. The van der Waals surface area contributed by atoms with Crippen LogP contribution in [0.15, 0.2) is 64.8 Å². The first-order valence-electron chi connectivity index (χ1n) is 7.42. The summed E-state index contributed by atoms with van der Waals surface area (Å²) < 4.78 is 5.13. The lowest BCUT2D eigenvalue weighted by molar-refractivity contribution is -0.122. The maximum atomic E-state index is 12.7. The van der Waals surface area contributed by atoms with Gasteiger partial charge in [0, 0.05) is 0 Å². The van der Waals surface area contributed by atoms with Gasteiger partial charge in [0.05, 0.1) is 17.5 Å². The molecule has 8 heteroatoms. The summed E-state index contributed by atoms with van der Waals surface area (Å²) in [5, 5.41) is 11.3. The molecule has 1 aliphatic heterocycles. The van der Waals surface area contributed by atoms with Gasteiger partial charge in [-0.1, -0.05) is 6.08 Å². The van der Waals surface area contributed by atoms with E-state index in [2.05, 4.69) is 5.32 Å². The molecule has 0 saturated carbocycles. The Balaban J connectivity index is 1.89. The number of thiocarbonyl (C=S) groups is 1. The summed E-state index contributed by atoms with van der Waals surface area (Å²) in [5.74, 6) is -1.73. The van der Waals surface area contributed by atoms with Crippen LogP contribution in [0.1, 0.15) is 16.1 Å². The van der Waals surface area contributed by atoms with Crippen LogP contribution in [-0.2, 0) is 9.59 Å². The molecule has 1 aliphatic rings. The number of nitrogens with one attached hydrogen (secondary N) is 1. The van der Waals surface area contributed by atoms with Crippen molar-refractivity contribution in [2.75, 3.05) is 4.90 Å². The summed E-state index contributed by atoms with van der Waals surface area (Å²) in [4.78, 5) is 36.8. The van der Waals surface area contributed by atoms with Crippen LogP contribution < -0.4 is 10.2 Å². The van der Waals surface area contributed by atoms with E-state index in [-0.39, 0.29) is 16.2 Å². The molecule has 0 radical (unpaired) electrons. The lowest BCUT2D eigenvalue weighted by Gasteiger charge is -2.28. The third kappa shape index (κ3) is 3.45. The molecular formula is C18H12N2O5S. The number of amides is 2. The van der Waals surface area contributed by atoms with Crippen molar-refractivity contribution in [2.45, 2.75) is 0 Å². The number of nitrogens with zero attached hydrogens (tertiary/aromatic N) is 1. The van der Waals surface area contributed by atoms with E-state index in [0.717, 1.165) is 4.90 Å². The molecule has 2 heterocycles. The Morgan fingerprint density at radius 2 is 1.92 bits per heavy atom. The van der Waals surface area contributed by atoms with Gasteiger partial charge in [-0.25, -0.2) is 4.79 Å². The highest BCUT2D eigenvalue weighted by atomic mass is 32.1. The first kappa shape index (κ1) is 17.3. The number of furan rings is 1. The first-order chi connectivity index (χ1) is 12.5. The number of carbonyl (C=O) groups excluding carboxylic acids is 2. The van der Waals surface area contributed by atoms with Crippen LogP contribution in [0, 0.1) is 0 Å². The van der Waals surface area contributed by atoms with Crippen LogP contribution in [0.4, 0.5) is 5.69 Å². The molecule has 0 unspecified atom stereocenters. The zero-order chi connectivity index (χ0) is 18.7. The SMILES string of the molecule is O=C1NC(=S)N(c2ccc(C(=O)O)cc2)C(=O)/C1=C/C=C/c1ccco1. The fourth-order valence-corrected chi connectivity index (χ4v) is 2.57. The van der Waals surface area contributed by atoms with Crippen LogP contribution in [0.5, 0.6) is 0 Å². The number of aromatic carboxylic acids is 1. The van der Waals surface area contributed by atoms with Crippen molar-refractivity contribution in [3.05, 3.63) is 71.7 Å². The van der Waals surface area contributed by atoms with Gasteiger partial charge in [0.15, 0.2) is 5.11 Å². The summed E-state index contributed by atoms with van der Waals surface area (Å²) in [6.45, 7) is 0. The average molecular weight is 368 g/mol. The average Bonchev–Trinajstić information content (AvgIpc) is 3.11. The highest BCUT2D eigenvalue weighted by molar-refractivity contribution is 7.80. The highest BCUT2D eigenvalue weighted by Gasteiger charge is 2.34. The second-order valence-electron chi connectivity index (χ2n) is 5.21. The van der Waals surface area contributed by atoms with Crippen molar-refractivity contribution in [3.8, 4) is 0 Å². The standard InChI is InChI=1S/C18H12N2O5S/c21-15-14(5-1-3-13-4-2-10-25-13)16(22)20(18(26)19-15)12-8-6-11(7-9-12)17(23)24/h1-10H,(H,23,24)(H,19,21,26)/b3-1+,14-5+. The van der Waals surface area contributed by atoms with Crippen molar-refractivity contribution in [1.82, 2.24) is 5.32 Å². The van der Waals surface area contributed by atoms with E-state index in [0.29, 0.717) is 11.4 Å². The number of rotatable bonds is 4. The Bertz CT molecular complexity index is 942. The number of carboxylic acids is 1. The van der Waals surface area contributed by atoms with Crippen LogP contribution in [0.3, 0.4) is 0 Å². The van der Waals surface area contributed by atoms with E-state index in [1.807, 2.05) is 0 Å². The van der Waals surface area contributed by atoms with Crippen LogP contribution in [0.2, 0.25) is 0 Å². The predicted molar refractivity (Wildman–Crippen MR) is 97.5 cm³/mol. The van der Waals surface area contributed by atoms with Crippen molar-refractivity contribution in [2.24, 2.45) is 0 Å². The van der Waals surface area contributed by atoms with Crippen molar-refractivity contribution in [3.63, 3.8) is 0 Å². The molecule has 1 saturated heterocycles. The third-order valence-corrected chi connectivity index (χ3v) is 3.83. The zero-order valence-electron chi connectivity index (χ0n) is 13.2. The molecule has 7 nitrogen and oxygen atoms in total. The monoisotopic (exact) mass is 368 g/mol. The van der Waals surface area contributed by atoms with Crippen molar-refractivity contribution in [1.29, 1.82) is 0 Å². The van der Waals surface area contributed by atoms with E-state index in [9.17, 15) is 14.4 Å². The molecule has 26 heavy (non-hydrogen) atoms. The molecular weight excluding hydrogens is 356 g/mol. The van der Waals surface area contributed by atoms with Gasteiger partial charge in [-0.15, -0.1) is 0 Å². The Kier molecular flexibility index (Phi) is 4.76. The number of hydrogen-bond donors (Lipinski definition) is 2. The molecule has 2 N–H and O–H groups in total. The number of benzene rings is 1. The summed E-state index contributed by atoms with van der Waals surface area (Å²) >= 11 is 5.07. The van der Waals surface area contributed by atoms with Gasteiger partial charge in [0.2, 0.25) is 0 Å². The minimum atomic E-state index is -1.08. The molecule has 2 amide bonds. The van der Waals surface area contributed by atoms with Gasteiger partial charge >= 0.3 is 5.97 Å². The first-order valence-corrected chi connectivity index (χ1v) is 7.83. The minimum absolute atomic E-state index is 0.0739. The van der Waals surface area contributed by atoms with E-state index < -0.39 is 17.8 Å². The number of allylic oxidation sites excluding steroid dienone is 2. The second-order valence-corrected chi connectivity index (χ2v) is 5.59. The maximum Gasteiger partial charge on any atom is 0.335 e. The Morgan fingerprint density at radius 3 is 2.54 bits per heavy atom. The van der Waals surface area contributed by atoms with Gasteiger partial charge < -0.3 is 9.52 Å². The molecule has 0 spiro atoms. The van der Waals surface area contributed by atoms with Gasteiger partial charge in [-0.2, -0.15) is 0 Å². The highest BCUT2D eigenvalue weighted by Crippen LogP contribution is 2.21. The molecule has 1 aromatic carbocycles. The topological polar surface area (TPSA) is 99.9 Å². The Hall–Kier alpha value is -3.52. The Labute approximate surface area is 153 Å². The summed E-state index contributed by atoms with van der Waals surface area (Å²) in [6, 6.07) is 9.03. The molecule has 0 bridgehead atoms. The van der Waals surface area contributed by atoms with Gasteiger partial charge in [-0.05, 0) is 60.8 Å². The second kappa shape index (κ2) is 7.16. The zero-order valence-corrected chi connectivity index (χ0v) is 14.0. The number of carbonyl (C=O) groups is 3. The Morgan fingerprint density at radius 1 is 1.19 bits per heavy atom. The van der Waals surface area contributed by atoms with Gasteiger partial charge in [0.1, 0.15) is 11.3 Å². The quantitative estimate of drug-likeness (QED) is 0.488. The summed E-state index contributed by atoms with van der Waals surface area (Å²) in [7, 11) is 0. The minimum Gasteiger partial charge on any atom is -0.478 e. The lowest BCUT2D eigenvalue weighted by atomic mass is 10.1. The normalized spacial score (nSPS) is 16.4. The predicted octanol–water partition coefficient (Wildman–Crippen LogP) is 2.37. The summed E-state index contributed by atoms with van der Waals surface area (Å²) in [5.41, 5.74) is 0.319. The van der Waals surface area contributed by atoms with Crippen LogP contribution in [0.25, 0.3) is 6.08 Å². The van der Waals surface area contributed by atoms with Crippen LogP contribution in [-0.4, -0.2) is 28.0 Å². The molecule has 130 valence electrons. The smallest absolute Gasteiger partial charge is 0.335 e. The fraction of sp³-hybridized carbons (Fsp3) is 0. The summed E-state index contributed by atoms with van der Waals surface area (Å²) in [6.07, 6.45) is 5.99. The molecule has 1 fully saturated rings. The van der Waals surface area contributed by atoms with Gasteiger partial charge in [0.25, 0.3) is 11.8 Å². The van der Waals surface area contributed by atoms with Crippen molar-refractivity contribution < 1.29 is 23.9 Å². The molecule has 2 aromatic rings. The van der Waals surface area contributed by atoms with Crippen LogP contribution >= 0.6 is 12.2 Å². The van der Waals surface area contributed by atoms with E-state index in [1.165, 1.54) is 42.7 Å². The maximum absolute atomic E-state index is 12.7. The van der Waals surface area contributed by atoms with E-state index in [4.69, 9.17) is 21.7 Å². The molecule has 0 atom stereocenters. The fourth-order valence-electron chi connectivity index (χ4n) is 2.29. The third-order valence-electron chi connectivity index (χ3n) is 3.54. The molecule has 1 aromatic heterocycles. The van der Waals surface area contributed by atoms with E-state index >= 15 is 0 Å². The number of carboxylic acid groups (broad SMARTS) is 1. The van der Waals surface area contributed by atoms with Gasteiger partial charge in [-0.3, -0.25) is 19.8 Å². The van der Waals surface area contributed by atoms with Crippen molar-refractivity contribution >= 4 is 46.9 Å². The lowest BCUT2D eigenvalue weighted by Crippen LogP contribution is -2.54. The number of anilines is 1. The van der Waals surface area contributed by atoms with E-state index in [1.54, 1.807) is 18.2 Å². The number of hydrogen-bond acceptors (Lipinski definition) is 5.